The van der Waals surface area contributed by atoms with Crippen molar-refractivity contribution in [1.29, 1.82) is 0 Å². The second-order valence-electron chi connectivity index (χ2n) is 6.56. The second kappa shape index (κ2) is 5.71. The summed E-state index contributed by atoms with van der Waals surface area (Å²) < 4.78 is 28.0. The molecule has 2 N–H and O–H groups in total. The number of benzene rings is 1. The number of rotatable bonds is 3. The minimum absolute atomic E-state index is 0.0813. The van der Waals surface area contributed by atoms with E-state index in [4.69, 9.17) is 0 Å². The van der Waals surface area contributed by atoms with E-state index in [2.05, 4.69) is 10.0 Å². The van der Waals surface area contributed by atoms with Crippen LogP contribution in [0.5, 0.6) is 0 Å². The van der Waals surface area contributed by atoms with Gasteiger partial charge in [-0.3, -0.25) is 0 Å². The Morgan fingerprint density at radius 2 is 1.86 bits per heavy atom. The van der Waals surface area contributed by atoms with Gasteiger partial charge in [0.2, 0.25) is 10.0 Å². The number of hydrogen-bond donors (Lipinski definition) is 2. The SMILES string of the molecule is Cc1ccc(S(=O)(=O)NC2CC[C@H]3CNC[C@H]3C2)cc1C. The first-order valence-corrected chi connectivity index (χ1v) is 9.24. The lowest BCUT2D eigenvalue weighted by atomic mass is 9.79. The van der Waals surface area contributed by atoms with E-state index in [-0.39, 0.29) is 6.04 Å². The summed E-state index contributed by atoms with van der Waals surface area (Å²) >= 11 is 0. The topological polar surface area (TPSA) is 58.2 Å². The van der Waals surface area contributed by atoms with E-state index < -0.39 is 10.0 Å². The molecule has 2 aliphatic rings. The van der Waals surface area contributed by atoms with E-state index in [1.54, 1.807) is 12.1 Å². The molecular formula is C16H24N2O2S. The molecule has 1 heterocycles. The van der Waals surface area contributed by atoms with Crippen LogP contribution in [0.15, 0.2) is 23.1 Å². The molecular weight excluding hydrogens is 284 g/mol. The van der Waals surface area contributed by atoms with Gasteiger partial charge in [-0.2, -0.15) is 0 Å². The van der Waals surface area contributed by atoms with Crippen molar-refractivity contribution in [3.63, 3.8) is 0 Å². The summed E-state index contributed by atoms with van der Waals surface area (Å²) in [6.07, 6.45) is 3.03. The molecule has 1 saturated heterocycles. The molecule has 2 fully saturated rings. The molecule has 0 aromatic heterocycles. The highest BCUT2D eigenvalue weighted by Gasteiger charge is 2.35. The molecule has 1 saturated carbocycles. The van der Waals surface area contributed by atoms with Crippen molar-refractivity contribution in [1.82, 2.24) is 10.0 Å². The summed E-state index contributed by atoms with van der Waals surface area (Å²) in [6, 6.07) is 5.42. The van der Waals surface area contributed by atoms with Crippen LogP contribution in [-0.4, -0.2) is 27.5 Å². The van der Waals surface area contributed by atoms with E-state index in [1.807, 2.05) is 19.9 Å². The van der Waals surface area contributed by atoms with E-state index in [1.165, 1.54) is 0 Å². The Labute approximate surface area is 127 Å². The van der Waals surface area contributed by atoms with Crippen molar-refractivity contribution in [3.05, 3.63) is 29.3 Å². The minimum Gasteiger partial charge on any atom is -0.316 e. The lowest BCUT2D eigenvalue weighted by molar-refractivity contribution is 0.260. The number of fused-ring (bicyclic) bond motifs is 1. The molecule has 1 aliphatic carbocycles. The summed E-state index contributed by atoms with van der Waals surface area (Å²) in [5.41, 5.74) is 2.13. The maximum absolute atomic E-state index is 12.5. The van der Waals surface area contributed by atoms with Crippen molar-refractivity contribution >= 4 is 10.0 Å². The molecule has 21 heavy (non-hydrogen) atoms. The molecule has 5 heteroatoms. The van der Waals surface area contributed by atoms with E-state index in [0.717, 1.165) is 49.4 Å². The van der Waals surface area contributed by atoms with Crippen LogP contribution in [-0.2, 0) is 10.0 Å². The Morgan fingerprint density at radius 1 is 1.10 bits per heavy atom. The van der Waals surface area contributed by atoms with Gasteiger partial charge in [-0.1, -0.05) is 6.07 Å². The summed E-state index contributed by atoms with van der Waals surface area (Å²) in [5, 5.41) is 3.42. The van der Waals surface area contributed by atoms with Crippen LogP contribution < -0.4 is 10.0 Å². The fourth-order valence-corrected chi connectivity index (χ4v) is 4.94. The van der Waals surface area contributed by atoms with E-state index in [0.29, 0.717) is 10.8 Å². The first-order chi connectivity index (χ1) is 9.95. The van der Waals surface area contributed by atoms with Crippen LogP contribution in [0.3, 0.4) is 0 Å². The molecule has 4 nitrogen and oxygen atoms in total. The third kappa shape index (κ3) is 3.15. The predicted molar refractivity (Wildman–Crippen MR) is 83.7 cm³/mol. The minimum atomic E-state index is -3.40. The van der Waals surface area contributed by atoms with Crippen molar-refractivity contribution in [3.8, 4) is 0 Å². The van der Waals surface area contributed by atoms with Gasteiger partial charge in [0.25, 0.3) is 0 Å². The zero-order valence-corrected chi connectivity index (χ0v) is 13.5. The normalized spacial score (nSPS) is 29.3. The number of nitrogens with one attached hydrogen (secondary N) is 2. The smallest absolute Gasteiger partial charge is 0.240 e. The molecule has 116 valence electrons. The average Bonchev–Trinajstić information content (AvgIpc) is 2.88. The molecule has 0 spiro atoms. The summed E-state index contributed by atoms with van der Waals surface area (Å²) in [7, 11) is -3.40. The Bertz CT molecular complexity index is 627. The third-order valence-electron chi connectivity index (χ3n) is 5.06. The zero-order chi connectivity index (χ0) is 15.0. The maximum atomic E-state index is 12.5. The van der Waals surface area contributed by atoms with Gasteiger partial charge < -0.3 is 5.32 Å². The average molecular weight is 308 g/mol. The van der Waals surface area contributed by atoms with Gasteiger partial charge in [0.15, 0.2) is 0 Å². The summed E-state index contributed by atoms with van der Waals surface area (Å²) in [5.74, 6) is 1.37. The van der Waals surface area contributed by atoms with Crippen LogP contribution in [0.4, 0.5) is 0 Å². The molecule has 1 aromatic rings. The summed E-state index contributed by atoms with van der Waals surface area (Å²) in [6.45, 7) is 6.07. The van der Waals surface area contributed by atoms with Crippen molar-refractivity contribution < 1.29 is 8.42 Å². The fourth-order valence-electron chi connectivity index (χ4n) is 3.58. The first kappa shape index (κ1) is 15.0. The van der Waals surface area contributed by atoms with Gasteiger partial charge in [0, 0.05) is 6.04 Å². The molecule has 1 aliphatic heterocycles. The number of aryl methyl sites for hydroxylation is 2. The van der Waals surface area contributed by atoms with Crippen LogP contribution in [0, 0.1) is 25.7 Å². The highest BCUT2D eigenvalue weighted by Crippen LogP contribution is 2.33. The quantitative estimate of drug-likeness (QED) is 0.897. The van der Waals surface area contributed by atoms with Gasteiger partial charge in [-0.25, -0.2) is 13.1 Å². The highest BCUT2D eigenvalue weighted by molar-refractivity contribution is 7.89. The molecule has 0 bridgehead atoms. The molecule has 0 amide bonds. The van der Waals surface area contributed by atoms with Crippen molar-refractivity contribution in [2.24, 2.45) is 11.8 Å². The maximum Gasteiger partial charge on any atom is 0.240 e. The zero-order valence-electron chi connectivity index (χ0n) is 12.7. The van der Waals surface area contributed by atoms with Crippen LogP contribution in [0.25, 0.3) is 0 Å². The van der Waals surface area contributed by atoms with E-state index >= 15 is 0 Å². The monoisotopic (exact) mass is 308 g/mol. The van der Waals surface area contributed by atoms with Gasteiger partial charge in [0.1, 0.15) is 0 Å². The van der Waals surface area contributed by atoms with Gasteiger partial charge in [-0.15, -0.1) is 0 Å². The van der Waals surface area contributed by atoms with Gasteiger partial charge in [-0.05, 0) is 81.3 Å². The standard InChI is InChI=1S/C16H24N2O2S/c1-11-3-6-16(7-12(11)2)21(19,20)18-15-5-4-13-9-17-10-14(13)8-15/h3,6-7,13-15,17-18H,4-5,8-10H2,1-2H3/t13-,14+,15?/m0/s1. The first-order valence-electron chi connectivity index (χ1n) is 7.76. The van der Waals surface area contributed by atoms with E-state index in [9.17, 15) is 8.42 Å². The Kier molecular flexibility index (Phi) is 4.08. The molecule has 0 radical (unpaired) electrons. The Morgan fingerprint density at radius 3 is 2.62 bits per heavy atom. The molecule has 3 atom stereocenters. The highest BCUT2D eigenvalue weighted by atomic mass is 32.2. The fraction of sp³-hybridized carbons (Fsp3) is 0.625. The summed E-state index contributed by atoms with van der Waals surface area (Å²) in [4.78, 5) is 0.386. The number of sulfonamides is 1. The largest absolute Gasteiger partial charge is 0.316 e. The Balaban J connectivity index is 1.72. The molecule has 3 rings (SSSR count). The van der Waals surface area contributed by atoms with Crippen LogP contribution >= 0.6 is 0 Å². The van der Waals surface area contributed by atoms with Gasteiger partial charge >= 0.3 is 0 Å². The van der Waals surface area contributed by atoms with Gasteiger partial charge in [0.05, 0.1) is 4.90 Å². The predicted octanol–water partition coefficient (Wildman–Crippen LogP) is 1.97. The van der Waals surface area contributed by atoms with Crippen LogP contribution in [0.2, 0.25) is 0 Å². The number of hydrogen-bond acceptors (Lipinski definition) is 3. The van der Waals surface area contributed by atoms with Crippen molar-refractivity contribution in [2.45, 2.75) is 44.0 Å². The lowest BCUT2D eigenvalue weighted by Gasteiger charge is -2.31. The second-order valence-corrected chi connectivity index (χ2v) is 8.27. The third-order valence-corrected chi connectivity index (χ3v) is 6.58. The van der Waals surface area contributed by atoms with Crippen molar-refractivity contribution in [2.75, 3.05) is 13.1 Å². The molecule has 1 unspecified atom stereocenters. The van der Waals surface area contributed by atoms with Crippen LogP contribution in [0.1, 0.15) is 30.4 Å². The lowest BCUT2D eigenvalue weighted by Crippen LogP contribution is -2.40. The molecule has 1 aromatic carbocycles. The Hall–Kier alpha value is -0.910.